The van der Waals surface area contributed by atoms with E-state index in [-0.39, 0.29) is 25.0 Å². The number of nitrogens with zero attached hydrogens (tertiary/aromatic N) is 2. The predicted molar refractivity (Wildman–Crippen MR) is 135 cm³/mol. The van der Waals surface area contributed by atoms with Gasteiger partial charge in [0, 0.05) is 12.6 Å². The Kier molecular flexibility index (Phi) is 8.36. The third-order valence-corrected chi connectivity index (χ3v) is 7.48. The second-order valence-corrected chi connectivity index (χ2v) is 11.2. The van der Waals surface area contributed by atoms with Gasteiger partial charge in [-0.1, -0.05) is 60.4 Å². The monoisotopic (exact) mass is 485 g/mol. The summed E-state index contributed by atoms with van der Waals surface area (Å²) in [6, 6.07) is 14.1. The Hall–Kier alpha value is -2.87. The van der Waals surface area contributed by atoms with Crippen LogP contribution in [-0.4, -0.2) is 50.0 Å². The molecule has 0 aliphatic heterocycles. The maximum absolute atomic E-state index is 13.5. The Bertz CT molecular complexity index is 1090. The molecule has 1 atom stereocenters. The van der Waals surface area contributed by atoms with Crippen molar-refractivity contribution in [2.45, 2.75) is 65.1 Å². The van der Waals surface area contributed by atoms with Crippen LogP contribution in [-0.2, 0) is 26.2 Å². The molecule has 1 fully saturated rings. The number of benzene rings is 2. The van der Waals surface area contributed by atoms with Crippen molar-refractivity contribution in [3.05, 3.63) is 65.2 Å². The lowest BCUT2D eigenvalue weighted by molar-refractivity contribution is -0.139. The van der Waals surface area contributed by atoms with Crippen molar-refractivity contribution in [2.75, 3.05) is 17.1 Å². The summed E-state index contributed by atoms with van der Waals surface area (Å²) in [7, 11) is -3.72. The highest BCUT2D eigenvalue weighted by Crippen LogP contribution is 2.21. The van der Waals surface area contributed by atoms with Gasteiger partial charge in [-0.25, -0.2) is 8.42 Å². The minimum Gasteiger partial charge on any atom is -0.352 e. The Morgan fingerprint density at radius 3 is 2.03 bits per heavy atom. The van der Waals surface area contributed by atoms with Crippen LogP contribution in [0, 0.1) is 13.8 Å². The third kappa shape index (κ3) is 6.82. The quantitative estimate of drug-likeness (QED) is 0.589. The number of aryl methyl sites for hydroxylation is 2. The molecule has 0 spiro atoms. The van der Waals surface area contributed by atoms with E-state index in [1.165, 1.54) is 4.90 Å². The maximum Gasteiger partial charge on any atom is 0.244 e. The van der Waals surface area contributed by atoms with Crippen LogP contribution in [0.1, 0.15) is 49.3 Å². The van der Waals surface area contributed by atoms with Crippen molar-refractivity contribution in [3.63, 3.8) is 0 Å². The molecular weight excluding hydrogens is 450 g/mol. The van der Waals surface area contributed by atoms with Gasteiger partial charge in [0.05, 0.1) is 11.9 Å². The Morgan fingerprint density at radius 1 is 0.971 bits per heavy atom. The molecule has 0 unspecified atom stereocenters. The SMILES string of the molecule is Cc1ccc(CN(C(=O)CN(c2ccc(C)cc2)S(C)(=O)=O)[C@H](C)C(=O)NC2CCCC2)cc1. The van der Waals surface area contributed by atoms with Gasteiger partial charge in [0.15, 0.2) is 0 Å². The van der Waals surface area contributed by atoms with Crippen LogP contribution in [0.3, 0.4) is 0 Å². The van der Waals surface area contributed by atoms with Crippen LogP contribution in [0.4, 0.5) is 5.69 Å². The summed E-state index contributed by atoms with van der Waals surface area (Å²) in [5.41, 5.74) is 3.37. The van der Waals surface area contributed by atoms with E-state index in [0.717, 1.165) is 52.9 Å². The first-order chi connectivity index (χ1) is 16.0. The van der Waals surface area contributed by atoms with E-state index in [1.807, 2.05) is 38.1 Å². The molecule has 2 aromatic carbocycles. The first-order valence-electron chi connectivity index (χ1n) is 11.7. The van der Waals surface area contributed by atoms with Gasteiger partial charge in [-0.2, -0.15) is 0 Å². The molecule has 34 heavy (non-hydrogen) atoms. The summed E-state index contributed by atoms with van der Waals surface area (Å²) >= 11 is 0. The smallest absolute Gasteiger partial charge is 0.244 e. The molecule has 3 rings (SSSR count). The zero-order valence-electron chi connectivity index (χ0n) is 20.5. The second-order valence-electron chi connectivity index (χ2n) is 9.28. The predicted octanol–water partition coefficient (Wildman–Crippen LogP) is 3.55. The second kappa shape index (κ2) is 11.0. The van der Waals surface area contributed by atoms with E-state index in [9.17, 15) is 18.0 Å². The lowest BCUT2D eigenvalue weighted by Gasteiger charge is -2.32. The standard InChI is InChI=1S/C26H35N3O4S/c1-19-9-13-22(14-10-19)17-28(21(3)26(31)27-23-7-5-6-8-23)25(30)18-29(34(4,32)33)24-15-11-20(2)12-16-24/h9-16,21,23H,5-8,17-18H2,1-4H3,(H,27,31)/t21-/m1/s1. The minimum atomic E-state index is -3.72. The molecule has 0 heterocycles. The summed E-state index contributed by atoms with van der Waals surface area (Å²) in [6.07, 6.45) is 5.15. The highest BCUT2D eigenvalue weighted by atomic mass is 32.2. The van der Waals surface area contributed by atoms with Gasteiger partial charge in [0.25, 0.3) is 0 Å². The number of hydrogen-bond donors (Lipinski definition) is 1. The molecule has 1 N–H and O–H groups in total. The van der Waals surface area contributed by atoms with Gasteiger partial charge in [-0.05, 0) is 51.3 Å². The van der Waals surface area contributed by atoms with Crippen molar-refractivity contribution >= 4 is 27.5 Å². The summed E-state index contributed by atoms with van der Waals surface area (Å²) in [6.45, 7) is 5.43. The normalized spacial score (nSPS) is 15.1. The molecule has 1 aliphatic carbocycles. The average Bonchev–Trinajstić information content (AvgIpc) is 3.29. The van der Waals surface area contributed by atoms with E-state index >= 15 is 0 Å². The molecule has 0 saturated heterocycles. The van der Waals surface area contributed by atoms with Gasteiger partial charge >= 0.3 is 0 Å². The van der Waals surface area contributed by atoms with Crippen molar-refractivity contribution in [3.8, 4) is 0 Å². The molecule has 0 bridgehead atoms. The summed E-state index contributed by atoms with van der Waals surface area (Å²) in [5, 5.41) is 3.07. The van der Waals surface area contributed by atoms with Gasteiger partial charge in [-0.3, -0.25) is 13.9 Å². The summed E-state index contributed by atoms with van der Waals surface area (Å²) in [4.78, 5) is 28.1. The zero-order chi connectivity index (χ0) is 24.9. The molecule has 1 aliphatic rings. The molecule has 8 heteroatoms. The molecule has 0 aromatic heterocycles. The number of sulfonamides is 1. The van der Waals surface area contributed by atoms with Crippen LogP contribution in [0.5, 0.6) is 0 Å². The maximum atomic E-state index is 13.5. The van der Waals surface area contributed by atoms with E-state index in [4.69, 9.17) is 0 Å². The zero-order valence-corrected chi connectivity index (χ0v) is 21.3. The molecule has 7 nitrogen and oxygen atoms in total. The van der Waals surface area contributed by atoms with Crippen LogP contribution in [0.15, 0.2) is 48.5 Å². The lowest BCUT2D eigenvalue weighted by atomic mass is 10.1. The van der Waals surface area contributed by atoms with Crippen molar-refractivity contribution in [2.24, 2.45) is 0 Å². The number of carbonyl (C=O) groups is 2. The number of amides is 2. The topological polar surface area (TPSA) is 86.8 Å². The van der Waals surface area contributed by atoms with Crippen LogP contribution in [0.25, 0.3) is 0 Å². The summed E-state index contributed by atoms with van der Waals surface area (Å²) in [5.74, 6) is -0.644. The fourth-order valence-electron chi connectivity index (χ4n) is 4.19. The van der Waals surface area contributed by atoms with Gasteiger partial charge in [0.2, 0.25) is 21.8 Å². The largest absolute Gasteiger partial charge is 0.352 e. The van der Waals surface area contributed by atoms with Crippen molar-refractivity contribution in [1.82, 2.24) is 10.2 Å². The molecule has 1 saturated carbocycles. The molecule has 2 aromatic rings. The Morgan fingerprint density at radius 2 is 1.50 bits per heavy atom. The minimum absolute atomic E-state index is 0.131. The number of nitrogens with one attached hydrogen (secondary N) is 1. The molecule has 184 valence electrons. The Labute approximate surface area is 203 Å². The average molecular weight is 486 g/mol. The van der Waals surface area contributed by atoms with Crippen LogP contribution in [0.2, 0.25) is 0 Å². The first-order valence-corrected chi connectivity index (χ1v) is 13.6. The highest BCUT2D eigenvalue weighted by Gasteiger charge is 2.31. The number of carbonyl (C=O) groups excluding carboxylic acids is 2. The molecular formula is C26H35N3O4S. The van der Waals surface area contributed by atoms with E-state index in [1.54, 1.807) is 31.2 Å². The number of rotatable bonds is 9. The van der Waals surface area contributed by atoms with Crippen molar-refractivity contribution in [1.29, 1.82) is 0 Å². The van der Waals surface area contributed by atoms with E-state index in [0.29, 0.717) is 5.69 Å². The molecule has 2 amide bonds. The van der Waals surface area contributed by atoms with Crippen molar-refractivity contribution < 1.29 is 18.0 Å². The fraction of sp³-hybridized carbons (Fsp3) is 0.462. The fourth-order valence-corrected chi connectivity index (χ4v) is 5.04. The first kappa shape index (κ1) is 25.7. The third-order valence-electron chi connectivity index (χ3n) is 6.34. The molecule has 0 radical (unpaired) electrons. The lowest BCUT2D eigenvalue weighted by Crippen LogP contribution is -2.52. The van der Waals surface area contributed by atoms with Crippen LogP contribution < -0.4 is 9.62 Å². The van der Waals surface area contributed by atoms with Gasteiger partial charge in [-0.15, -0.1) is 0 Å². The van der Waals surface area contributed by atoms with E-state index < -0.39 is 22.0 Å². The number of anilines is 1. The van der Waals surface area contributed by atoms with Gasteiger partial charge < -0.3 is 10.2 Å². The highest BCUT2D eigenvalue weighted by molar-refractivity contribution is 7.92. The van der Waals surface area contributed by atoms with E-state index in [2.05, 4.69) is 5.32 Å². The summed E-state index contributed by atoms with van der Waals surface area (Å²) < 4.78 is 26.3. The number of hydrogen-bond acceptors (Lipinski definition) is 4. The van der Waals surface area contributed by atoms with Gasteiger partial charge in [0.1, 0.15) is 12.6 Å². The Balaban J connectivity index is 1.86. The van der Waals surface area contributed by atoms with Crippen LogP contribution >= 0.6 is 0 Å².